The topological polar surface area (TPSA) is 86.8 Å². The number of nitrogens with zero attached hydrogens (tertiary/aromatic N) is 2. The first-order valence-corrected chi connectivity index (χ1v) is 13.0. The highest BCUT2D eigenvalue weighted by Crippen LogP contribution is 2.36. The van der Waals surface area contributed by atoms with Crippen LogP contribution >= 0.6 is 11.8 Å². The first-order chi connectivity index (χ1) is 16.2. The minimum atomic E-state index is -3.86. The third-order valence-corrected chi connectivity index (χ3v) is 8.54. The van der Waals surface area contributed by atoms with Gasteiger partial charge in [-0.3, -0.25) is 13.9 Å². The summed E-state index contributed by atoms with van der Waals surface area (Å²) in [5, 5.41) is 2.63. The van der Waals surface area contributed by atoms with E-state index in [1.165, 1.54) is 21.3 Å². The van der Waals surface area contributed by atoms with Crippen LogP contribution in [-0.2, 0) is 16.4 Å². The molecule has 0 fully saturated rings. The molecule has 176 valence electrons. The SMILES string of the molecule is CC1Cc2ccccc2N1S(=O)(=O)c1cccc(C(=O)Nc2ccccc2SC(=O)N(C)C)c1. The summed E-state index contributed by atoms with van der Waals surface area (Å²) in [6.07, 6.45) is 0.635. The zero-order valence-corrected chi connectivity index (χ0v) is 20.7. The van der Waals surface area contributed by atoms with E-state index in [0.29, 0.717) is 22.7 Å². The van der Waals surface area contributed by atoms with E-state index in [-0.39, 0.29) is 21.7 Å². The van der Waals surface area contributed by atoms with Crippen LogP contribution in [0.2, 0.25) is 0 Å². The van der Waals surface area contributed by atoms with E-state index in [0.717, 1.165) is 17.3 Å². The highest BCUT2D eigenvalue weighted by atomic mass is 32.2. The fourth-order valence-corrected chi connectivity index (χ4v) is 6.34. The molecule has 34 heavy (non-hydrogen) atoms. The maximum atomic E-state index is 13.5. The fraction of sp³-hybridized carbons (Fsp3) is 0.200. The second kappa shape index (κ2) is 9.52. The molecule has 0 saturated carbocycles. The summed E-state index contributed by atoms with van der Waals surface area (Å²) in [5.41, 5.74) is 2.33. The Morgan fingerprint density at radius 1 is 1.00 bits per heavy atom. The van der Waals surface area contributed by atoms with Gasteiger partial charge in [0.15, 0.2) is 0 Å². The van der Waals surface area contributed by atoms with Crippen molar-refractivity contribution in [2.24, 2.45) is 0 Å². The molecule has 0 bridgehead atoms. The van der Waals surface area contributed by atoms with Crippen molar-refractivity contribution >= 4 is 44.3 Å². The van der Waals surface area contributed by atoms with E-state index in [1.54, 1.807) is 56.6 Å². The van der Waals surface area contributed by atoms with Crippen molar-refractivity contribution in [3.63, 3.8) is 0 Å². The molecule has 7 nitrogen and oxygen atoms in total. The minimum Gasteiger partial charge on any atom is -0.339 e. The number of anilines is 2. The summed E-state index contributed by atoms with van der Waals surface area (Å²) in [6.45, 7) is 1.87. The van der Waals surface area contributed by atoms with Crippen molar-refractivity contribution in [2.45, 2.75) is 29.2 Å². The van der Waals surface area contributed by atoms with Crippen LogP contribution in [0.1, 0.15) is 22.8 Å². The van der Waals surface area contributed by atoms with Crippen molar-refractivity contribution in [2.75, 3.05) is 23.7 Å². The molecule has 0 aliphatic carbocycles. The molecule has 0 spiro atoms. The predicted molar refractivity (Wildman–Crippen MR) is 135 cm³/mol. The Morgan fingerprint density at radius 3 is 2.47 bits per heavy atom. The average molecular weight is 496 g/mol. The summed E-state index contributed by atoms with van der Waals surface area (Å²) in [4.78, 5) is 27.2. The van der Waals surface area contributed by atoms with Gasteiger partial charge in [-0.1, -0.05) is 36.4 Å². The lowest BCUT2D eigenvalue weighted by atomic mass is 10.1. The lowest BCUT2D eigenvalue weighted by Crippen LogP contribution is -2.35. The number of hydrogen-bond donors (Lipinski definition) is 1. The van der Waals surface area contributed by atoms with Gasteiger partial charge in [-0.05, 0) is 67.1 Å². The Balaban J connectivity index is 1.61. The van der Waals surface area contributed by atoms with Crippen molar-refractivity contribution in [1.29, 1.82) is 0 Å². The molecule has 4 rings (SSSR count). The summed E-state index contributed by atoms with van der Waals surface area (Å²) >= 11 is 1.00. The maximum absolute atomic E-state index is 13.5. The summed E-state index contributed by atoms with van der Waals surface area (Å²) in [7, 11) is -0.555. The molecule has 1 N–H and O–H groups in total. The van der Waals surface area contributed by atoms with Gasteiger partial charge in [-0.15, -0.1) is 0 Å². The molecule has 2 amide bonds. The quantitative estimate of drug-likeness (QED) is 0.511. The number of hydrogen-bond acceptors (Lipinski definition) is 5. The van der Waals surface area contributed by atoms with E-state index in [1.807, 2.05) is 25.1 Å². The van der Waals surface area contributed by atoms with E-state index < -0.39 is 15.9 Å². The van der Waals surface area contributed by atoms with Gasteiger partial charge in [0.1, 0.15) is 0 Å². The van der Waals surface area contributed by atoms with Crippen molar-refractivity contribution in [1.82, 2.24) is 4.90 Å². The number of fused-ring (bicyclic) bond motifs is 1. The molecular weight excluding hydrogens is 470 g/mol. The zero-order valence-electron chi connectivity index (χ0n) is 19.1. The second-order valence-corrected chi connectivity index (χ2v) is 11.0. The Kier molecular flexibility index (Phi) is 6.67. The van der Waals surface area contributed by atoms with Crippen LogP contribution in [-0.4, -0.2) is 44.6 Å². The molecule has 3 aromatic rings. The molecule has 1 aliphatic heterocycles. The fourth-order valence-electron chi connectivity index (χ4n) is 3.85. The van der Waals surface area contributed by atoms with Gasteiger partial charge in [-0.2, -0.15) is 0 Å². The van der Waals surface area contributed by atoms with Crippen LogP contribution in [0.3, 0.4) is 0 Å². The Bertz CT molecular complexity index is 1360. The van der Waals surface area contributed by atoms with Crippen LogP contribution in [0.25, 0.3) is 0 Å². The van der Waals surface area contributed by atoms with Crippen LogP contribution in [0.4, 0.5) is 16.2 Å². The van der Waals surface area contributed by atoms with Crippen molar-refractivity contribution < 1.29 is 18.0 Å². The molecule has 0 aromatic heterocycles. The predicted octanol–water partition coefficient (Wildman–Crippen LogP) is 4.85. The number of carbonyl (C=O) groups excluding carboxylic acids is 2. The molecule has 1 unspecified atom stereocenters. The number of nitrogens with one attached hydrogen (secondary N) is 1. The summed E-state index contributed by atoms with van der Waals surface area (Å²) in [5.74, 6) is -0.461. The lowest BCUT2D eigenvalue weighted by Gasteiger charge is -2.24. The summed E-state index contributed by atoms with van der Waals surface area (Å²) in [6, 6.07) is 20.2. The minimum absolute atomic E-state index is 0.0501. The third kappa shape index (κ3) is 4.67. The molecule has 9 heteroatoms. The van der Waals surface area contributed by atoms with Gasteiger partial charge >= 0.3 is 0 Å². The highest BCUT2D eigenvalue weighted by Gasteiger charge is 2.36. The Labute approximate surface area is 203 Å². The highest BCUT2D eigenvalue weighted by molar-refractivity contribution is 8.13. The molecule has 0 saturated heterocycles. The standard InChI is InChI=1S/C25H25N3O4S2/c1-17-15-18-9-4-6-13-22(18)28(17)34(31,32)20-11-8-10-19(16-20)24(29)26-21-12-5-7-14-23(21)33-25(30)27(2)3/h4-14,16-17H,15H2,1-3H3,(H,26,29). The van der Waals surface area contributed by atoms with Gasteiger partial charge in [-0.25, -0.2) is 8.42 Å². The molecule has 1 aliphatic rings. The van der Waals surface area contributed by atoms with Crippen molar-refractivity contribution in [3.8, 4) is 0 Å². The smallest absolute Gasteiger partial charge is 0.286 e. The number of para-hydroxylation sites is 2. The number of thioether (sulfide) groups is 1. The van der Waals surface area contributed by atoms with Gasteiger partial charge in [0, 0.05) is 30.6 Å². The van der Waals surface area contributed by atoms with Crippen LogP contribution < -0.4 is 9.62 Å². The van der Waals surface area contributed by atoms with E-state index in [4.69, 9.17) is 0 Å². The van der Waals surface area contributed by atoms with E-state index in [2.05, 4.69) is 5.32 Å². The van der Waals surface area contributed by atoms with Crippen LogP contribution in [0, 0.1) is 0 Å². The zero-order chi connectivity index (χ0) is 24.5. The number of rotatable bonds is 5. The number of carbonyl (C=O) groups is 2. The molecule has 1 heterocycles. The molecule has 3 aromatic carbocycles. The van der Waals surface area contributed by atoms with Crippen LogP contribution in [0.15, 0.2) is 82.6 Å². The summed E-state index contributed by atoms with van der Waals surface area (Å²) < 4.78 is 28.5. The van der Waals surface area contributed by atoms with Gasteiger partial charge in [0.2, 0.25) is 0 Å². The first-order valence-electron chi connectivity index (χ1n) is 10.7. The van der Waals surface area contributed by atoms with Gasteiger partial charge < -0.3 is 10.2 Å². The third-order valence-electron chi connectivity index (χ3n) is 5.50. The van der Waals surface area contributed by atoms with Crippen molar-refractivity contribution in [3.05, 3.63) is 83.9 Å². The molecule has 1 atom stereocenters. The van der Waals surface area contributed by atoms with Gasteiger partial charge in [0.25, 0.3) is 21.2 Å². The van der Waals surface area contributed by atoms with Crippen LogP contribution in [0.5, 0.6) is 0 Å². The largest absolute Gasteiger partial charge is 0.339 e. The van der Waals surface area contributed by atoms with E-state index in [9.17, 15) is 18.0 Å². The first kappa shape index (κ1) is 23.8. The normalized spacial score (nSPS) is 15.0. The monoisotopic (exact) mass is 495 g/mol. The average Bonchev–Trinajstić information content (AvgIpc) is 3.16. The van der Waals surface area contributed by atoms with Gasteiger partial charge in [0.05, 0.1) is 16.3 Å². The maximum Gasteiger partial charge on any atom is 0.286 e. The Hall–Kier alpha value is -3.30. The lowest BCUT2D eigenvalue weighted by molar-refractivity contribution is 0.102. The van der Waals surface area contributed by atoms with E-state index >= 15 is 0 Å². The Morgan fingerprint density at radius 2 is 1.71 bits per heavy atom. The number of sulfonamides is 1. The molecular formula is C25H25N3O4S2. The molecule has 0 radical (unpaired) electrons. The number of benzene rings is 3. The second-order valence-electron chi connectivity index (χ2n) is 8.22. The number of amides is 2.